The molecular weight excluding hydrogens is 449 g/mol. The number of rotatable bonds is 9. The molecule has 0 aromatic carbocycles. The number of carboxylic acid groups (broad SMARTS) is 1. The van der Waals surface area contributed by atoms with E-state index in [1.807, 2.05) is 33.8 Å². The number of nitrogens with zero attached hydrogens (tertiary/aromatic N) is 3. The SMILES string of the molecule is Cc1ncc(-c2ccc(OCCCF)cn2)c(N2CCC(C)(C)CC2)c1[C@H](OC(C)(C)C)C(=O)O. The first-order chi connectivity index (χ1) is 16.4. The maximum atomic E-state index is 12.5. The highest BCUT2D eigenvalue weighted by Crippen LogP contribution is 2.43. The molecular formula is C27H38FN3O4. The molecule has 0 amide bonds. The van der Waals surface area contributed by atoms with Crippen molar-refractivity contribution in [3.63, 3.8) is 0 Å². The molecule has 3 heterocycles. The molecule has 8 heteroatoms. The number of halogens is 1. The minimum atomic E-state index is -1.17. The third-order valence-corrected chi connectivity index (χ3v) is 6.24. The van der Waals surface area contributed by atoms with Crippen LogP contribution in [-0.4, -0.2) is 53.0 Å². The number of pyridine rings is 2. The van der Waals surface area contributed by atoms with Crippen LogP contribution in [-0.2, 0) is 9.53 Å². The van der Waals surface area contributed by atoms with Gasteiger partial charge in [0.05, 0.1) is 36.5 Å². The molecule has 0 bridgehead atoms. The van der Waals surface area contributed by atoms with Crippen LogP contribution in [0.25, 0.3) is 11.3 Å². The fourth-order valence-electron chi connectivity index (χ4n) is 4.24. The Morgan fingerprint density at radius 1 is 1.20 bits per heavy atom. The maximum Gasteiger partial charge on any atom is 0.337 e. The second kappa shape index (κ2) is 10.9. The number of hydrogen-bond donors (Lipinski definition) is 1. The number of hydrogen-bond acceptors (Lipinski definition) is 6. The van der Waals surface area contributed by atoms with Gasteiger partial charge in [0.15, 0.2) is 6.10 Å². The van der Waals surface area contributed by atoms with Crippen LogP contribution >= 0.6 is 0 Å². The van der Waals surface area contributed by atoms with Crippen LogP contribution in [0.2, 0.25) is 0 Å². The minimum absolute atomic E-state index is 0.226. The summed E-state index contributed by atoms with van der Waals surface area (Å²) in [5.41, 5.74) is 2.97. The number of aryl methyl sites for hydroxylation is 1. The third kappa shape index (κ3) is 6.90. The van der Waals surface area contributed by atoms with Crippen molar-refractivity contribution in [2.45, 2.75) is 72.5 Å². The van der Waals surface area contributed by atoms with E-state index in [1.165, 1.54) is 0 Å². The van der Waals surface area contributed by atoms with Crippen molar-refractivity contribution in [2.24, 2.45) is 5.41 Å². The summed E-state index contributed by atoms with van der Waals surface area (Å²) >= 11 is 0. The Bertz CT molecular complexity index is 1010. The van der Waals surface area contributed by atoms with Crippen molar-refractivity contribution in [2.75, 3.05) is 31.3 Å². The molecule has 1 aliphatic rings. The van der Waals surface area contributed by atoms with Crippen molar-refractivity contribution >= 4 is 11.7 Å². The van der Waals surface area contributed by atoms with Crippen molar-refractivity contribution in [1.82, 2.24) is 9.97 Å². The van der Waals surface area contributed by atoms with Crippen LogP contribution in [0.15, 0.2) is 24.5 Å². The Balaban J connectivity index is 2.12. The smallest absolute Gasteiger partial charge is 0.337 e. The molecule has 1 aliphatic heterocycles. The second-order valence-corrected chi connectivity index (χ2v) is 10.9. The van der Waals surface area contributed by atoms with Gasteiger partial charge in [-0.25, -0.2) is 4.79 Å². The Kier molecular flexibility index (Phi) is 8.36. The summed E-state index contributed by atoms with van der Waals surface area (Å²) in [5, 5.41) is 10.2. The lowest BCUT2D eigenvalue weighted by molar-refractivity contribution is -0.160. The minimum Gasteiger partial charge on any atom is -0.492 e. The Morgan fingerprint density at radius 2 is 1.89 bits per heavy atom. The van der Waals surface area contributed by atoms with Crippen LogP contribution in [0.4, 0.5) is 10.1 Å². The van der Waals surface area contributed by atoms with Gasteiger partial charge < -0.3 is 19.5 Å². The average molecular weight is 488 g/mol. The Morgan fingerprint density at radius 3 is 2.43 bits per heavy atom. The van der Waals surface area contributed by atoms with Crippen LogP contribution < -0.4 is 9.64 Å². The zero-order chi connectivity index (χ0) is 25.8. The summed E-state index contributed by atoms with van der Waals surface area (Å²) in [6.07, 6.45) is 4.50. The molecule has 0 unspecified atom stereocenters. The fourth-order valence-corrected chi connectivity index (χ4v) is 4.24. The van der Waals surface area contributed by atoms with Gasteiger partial charge in [-0.1, -0.05) is 13.8 Å². The Hall–Kier alpha value is -2.74. The Labute approximate surface area is 207 Å². The lowest BCUT2D eigenvalue weighted by Crippen LogP contribution is -2.39. The van der Waals surface area contributed by atoms with E-state index in [0.717, 1.165) is 37.2 Å². The molecule has 35 heavy (non-hydrogen) atoms. The first-order valence-corrected chi connectivity index (χ1v) is 12.2. The van der Waals surface area contributed by atoms with Crippen molar-refractivity contribution in [3.8, 4) is 17.0 Å². The highest BCUT2D eigenvalue weighted by molar-refractivity contribution is 5.85. The number of anilines is 1. The van der Waals surface area contributed by atoms with Gasteiger partial charge in [-0.3, -0.25) is 14.4 Å². The number of piperidine rings is 1. The van der Waals surface area contributed by atoms with Crippen molar-refractivity contribution in [3.05, 3.63) is 35.8 Å². The summed E-state index contributed by atoms with van der Waals surface area (Å²) in [6.45, 7) is 13.3. The van der Waals surface area contributed by atoms with Crippen LogP contribution in [0, 0.1) is 12.3 Å². The fraction of sp³-hybridized carbons (Fsp3) is 0.593. The number of aliphatic carboxylic acids is 1. The first-order valence-electron chi connectivity index (χ1n) is 12.2. The summed E-state index contributed by atoms with van der Waals surface area (Å²) in [4.78, 5) is 23.9. The van der Waals surface area contributed by atoms with Crippen LogP contribution in [0.1, 0.15) is 71.2 Å². The number of aromatic nitrogens is 2. The first kappa shape index (κ1) is 26.9. The number of carboxylic acids is 1. The van der Waals surface area contributed by atoms with Gasteiger partial charge in [0.25, 0.3) is 0 Å². The molecule has 192 valence electrons. The van der Waals surface area contributed by atoms with Gasteiger partial charge in [0.1, 0.15) is 5.75 Å². The summed E-state index contributed by atoms with van der Waals surface area (Å²) in [6, 6.07) is 3.63. The van der Waals surface area contributed by atoms with E-state index in [2.05, 4.69) is 28.7 Å². The van der Waals surface area contributed by atoms with Crippen LogP contribution in [0.3, 0.4) is 0 Å². The van der Waals surface area contributed by atoms with Crippen molar-refractivity contribution < 1.29 is 23.8 Å². The van der Waals surface area contributed by atoms with Gasteiger partial charge in [0, 0.05) is 42.5 Å². The monoisotopic (exact) mass is 487 g/mol. The van der Waals surface area contributed by atoms with E-state index in [1.54, 1.807) is 18.5 Å². The molecule has 0 spiro atoms. The van der Waals surface area contributed by atoms with E-state index in [0.29, 0.717) is 29.1 Å². The number of ether oxygens (including phenoxy) is 2. The lowest BCUT2D eigenvalue weighted by Gasteiger charge is -2.40. The molecule has 3 rings (SSSR count). The maximum absolute atomic E-state index is 12.5. The summed E-state index contributed by atoms with van der Waals surface area (Å²) in [5.74, 6) is -0.492. The van der Waals surface area contributed by atoms with E-state index < -0.39 is 24.3 Å². The third-order valence-electron chi connectivity index (χ3n) is 6.24. The van der Waals surface area contributed by atoms with Crippen molar-refractivity contribution in [1.29, 1.82) is 0 Å². The van der Waals surface area contributed by atoms with Gasteiger partial charge in [-0.05, 0) is 58.1 Å². The molecule has 2 aromatic heterocycles. The molecule has 7 nitrogen and oxygen atoms in total. The molecule has 1 atom stereocenters. The second-order valence-electron chi connectivity index (χ2n) is 10.9. The van der Waals surface area contributed by atoms with E-state index in [4.69, 9.17) is 9.47 Å². The largest absolute Gasteiger partial charge is 0.492 e. The van der Waals surface area contributed by atoms with E-state index in [9.17, 15) is 14.3 Å². The molecule has 1 saturated heterocycles. The highest BCUT2D eigenvalue weighted by atomic mass is 19.1. The lowest BCUT2D eigenvalue weighted by atomic mass is 9.82. The van der Waals surface area contributed by atoms with Gasteiger partial charge in [0.2, 0.25) is 0 Å². The highest BCUT2D eigenvalue weighted by Gasteiger charge is 2.35. The number of alkyl halides is 1. The summed E-state index contributed by atoms with van der Waals surface area (Å²) in [7, 11) is 0. The predicted molar refractivity (Wildman–Crippen MR) is 135 cm³/mol. The van der Waals surface area contributed by atoms with Gasteiger partial charge in [-0.15, -0.1) is 0 Å². The predicted octanol–water partition coefficient (Wildman–Crippen LogP) is 5.76. The quantitative estimate of drug-likeness (QED) is 0.450. The molecule has 1 fully saturated rings. The normalized spacial score (nSPS) is 16.7. The topological polar surface area (TPSA) is 84.8 Å². The molecule has 0 saturated carbocycles. The van der Waals surface area contributed by atoms with E-state index >= 15 is 0 Å². The van der Waals surface area contributed by atoms with Gasteiger partial charge >= 0.3 is 5.97 Å². The molecule has 1 N–H and O–H groups in total. The van der Waals surface area contributed by atoms with Gasteiger partial charge in [-0.2, -0.15) is 0 Å². The molecule has 0 radical (unpaired) electrons. The molecule has 2 aromatic rings. The zero-order valence-corrected chi connectivity index (χ0v) is 21.7. The van der Waals surface area contributed by atoms with E-state index in [-0.39, 0.29) is 12.0 Å². The number of carbonyl (C=O) groups is 1. The molecule has 0 aliphatic carbocycles. The van der Waals surface area contributed by atoms with Crippen LogP contribution in [0.5, 0.6) is 5.75 Å². The standard InChI is InChI=1S/C27H38FN3O4/c1-18-22(24(25(32)33)35-26(2,3)4)23(31-13-10-27(5,6)11-14-31)20(17-29-18)21-9-8-19(16-30-21)34-15-7-12-28/h8-9,16-17,24H,7,10-15H2,1-6H3,(H,32,33)/t24-/m0/s1. The summed E-state index contributed by atoms with van der Waals surface area (Å²) < 4.78 is 24.0. The zero-order valence-electron chi connectivity index (χ0n) is 21.7. The average Bonchev–Trinajstić information content (AvgIpc) is 2.78.